The zero-order chi connectivity index (χ0) is 14.5. The van der Waals surface area contributed by atoms with E-state index in [0.717, 1.165) is 5.39 Å². The second-order valence-electron chi connectivity index (χ2n) is 4.12. The van der Waals surface area contributed by atoms with Gasteiger partial charge in [-0.25, -0.2) is 14.8 Å². The highest BCUT2D eigenvalue weighted by Gasteiger charge is 2.08. The molecule has 20 heavy (non-hydrogen) atoms. The van der Waals surface area contributed by atoms with E-state index in [2.05, 4.69) is 15.3 Å². The average Bonchev–Trinajstić information content (AvgIpc) is 2.46. The molecule has 2 rings (SSSR count). The third kappa shape index (κ3) is 3.30. The third-order valence-electron chi connectivity index (χ3n) is 2.83. The molecule has 0 amide bonds. The minimum Gasteiger partial charge on any atom is -0.478 e. The van der Waals surface area contributed by atoms with E-state index >= 15 is 0 Å². The van der Waals surface area contributed by atoms with Crippen LogP contribution in [0.15, 0.2) is 24.5 Å². The molecule has 6 nitrogen and oxygen atoms in total. The maximum Gasteiger partial charge on any atom is 0.335 e. The maximum atomic E-state index is 11.4. The zero-order valence-electron chi connectivity index (χ0n) is 11.0. The molecule has 1 atom stereocenters. The van der Waals surface area contributed by atoms with E-state index < -0.39 is 16.8 Å². The van der Waals surface area contributed by atoms with E-state index in [-0.39, 0.29) is 5.56 Å². The Hall–Kier alpha value is -2.02. The molecule has 106 valence electrons. The van der Waals surface area contributed by atoms with E-state index in [0.29, 0.717) is 29.4 Å². The molecule has 0 radical (unpaired) electrons. The van der Waals surface area contributed by atoms with Crippen LogP contribution in [-0.2, 0) is 10.8 Å². The second-order valence-corrected chi connectivity index (χ2v) is 5.98. The van der Waals surface area contributed by atoms with Gasteiger partial charge in [-0.1, -0.05) is 6.92 Å². The summed E-state index contributed by atoms with van der Waals surface area (Å²) in [4.78, 5) is 19.1. The van der Waals surface area contributed by atoms with Crippen LogP contribution in [0.1, 0.15) is 17.3 Å². The predicted octanol–water partition coefficient (Wildman–Crippen LogP) is 1.51. The summed E-state index contributed by atoms with van der Waals surface area (Å²) in [5, 5.41) is 12.8. The van der Waals surface area contributed by atoms with Gasteiger partial charge in [0.1, 0.15) is 12.1 Å². The number of carbonyl (C=O) groups is 1. The van der Waals surface area contributed by atoms with Gasteiger partial charge in [-0.2, -0.15) is 0 Å². The molecule has 0 aliphatic rings. The molecule has 2 aromatic rings. The molecule has 0 aliphatic carbocycles. The normalized spacial score (nSPS) is 12.2. The highest BCUT2D eigenvalue weighted by Crippen LogP contribution is 2.20. The van der Waals surface area contributed by atoms with Crippen molar-refractivity contribution in [1.29, 1.82) is 0 Å². The van der Waals surface area contributed by atoms with Crippen molar-refractivity contribution in [3.8, 4) is 0 Å². The summed E-state index contributed by atoms with van der Waals surface area (Å²) in [6, 6.07) is 4.70. The van der Waals surface area contributed by atoms with Crippen molar-refractivity contribution < 1.29 is 14.1 Å². The number of nitrogens with one attached hydrogen (secondary N) is 1. The van der Waals surface area contributed by atoms with Crippen LogP contribution in [0.4, 0.5) is 5.82 Å². The predicted molar refractivity (Wildman–Crippen MR) is 78.5 cm³/mol. The van der Waals surface area contributed by atoms with Gasteiger partial charge in [0.05, 0.1) is 11.1 Å². The highest BCUT2D eigenvalue weighted by molar-refractivity contribution is 7.84. The first kappa shape index (κ1) is 14.4. The van der Waals surface area contributed by atoms with Crippen molar-refractivity contribution in [2.24, 2.45) is 0 Å². The number of rotatable bonds is 6. The second kappa shape index (κ2) is 6.42. The van der Waals surface area contributed by atoms with Gasteiger partial charge in [-0.15, -0.1) is 0 Å². The average molecular weight is 293 g/mol. The van der Waals surface area contributed by atoms with Crippen LogP contribution in [-0.4, -0.2) is 43.3 Å². The Morgan fingerprint density at radius 1 is 1.40 bits per heavy atom. The van der Waals surface area contributed by atoms with Crippen LogP contribution in [0, 0.1) is 0 Å². The van der Waals surface area contributed by atoms with Gasteiger partial charge in [0.15, 0.2) is 0 Å². The lowest BCUT2D eigenvalue weighted by molar-refractivity contribution is 0.0697. The number of carboxylic acid groups (broad SMARTS) is 1. The number of aromatic nitrogens is 2. The molecular weight excluding hydrogens is 278 g/mol. The molecule has 2 N–H and O–H groups in total. The van der Waals surface area contributed by atoms with Crippen LogP contribution in [0.25, 0.3) is 10.9 Å². The SMILES string of the molecule is CCS(=O)CCNc1ncnc2cc(C(=O)O)ccc12. The summed E-state index contributed by atoms with van der Waals surface area (Å²) in [5.74, 6) is 0.821. The quantitative estimate of drug-likeness (QED) is 0.838. The highest BCUT2D eigenvalue weighted by atomic mass is 32.2. The van der Waals surface area contributed by atoms with Gasteiger partial charge < -0.3 is 10.4 Å². The number of aromatic carboxylic acids is 1. The Morgan fingerprint density at radius 2 is 2.20 bits per heavy atom. The lowest BCUT2D eigenvalue weighted by Gasteiger charge is -2.08. The molecular formula is C13H15N3O3S. The van der Waals surface area contributed by atoms with Crippen molar-refractivity contribution in [3.05, 3.63) is 30.1 Å². The van der Waals surface area contributed by atoms with E-state index in [9.17, 15) is 9.00 Å². The van der Waals surface area contributed by atoms with Gasteiger partial charge in [0, 0.05) is 34.2 Å². The van der Waals surface area contributed by atoms with Crippen LogP contribution in [0.2, 0.25) is 0 Å². The van der Waals surface area contributed by atoms with E-state index in [4.69, 9.17) is 5.11 Å². The molecule has 0 bridgehead atoms. The number of fused-ring (bicyclic) bond motifs is 1. The molecule has 0 spiro atoms. The van der Waals surface area contributed by atoms with Crippen LogP contribution >= 0.6 is 0 Å². The van der Waals surface area contributed by atoms with E-state index in [1.807, 2.05) is 6.92 Å². The molecule has 1 aromatic carbocycles. The summed E-state index contributed by atoms with van der Waals surface area (Å²) >= 11 is 0. The summed E-state index contributed by atoms with van der Waals surface area (Å²) in [5.41, 5.74) is 0.758. The van der Waals surface area contributed by atoms with Crippen LogP contribution in [0.5, 0.6) is 0 Å². The fourth-order valence-corrected chi connectivity index (χ4v) is 2.38. The van der Waals surface area contributed by atoms with Crippen molar-refractivity contribution >= 4 is 33.5 Å². The molecule has 7 heteroatoms. The number of anilines is 1. The summed E-state index contributed by atoms with van der Waals surface area (Å²) in [7, 11) is -0.828. The summed E-state index contributed by atoms with van der Waals surface area (Å²) in [6.07, 6.45) is 1.38. The monoisotopic (exact) mass is 293 g/mol. The third-order valence-corrected chi connectivity index (χ3v) is 4.13. The van der Waals surface area contributed by atoms with E-state index in [1.165, 1.54) is 18.5 Å². The number of carboxylic acids is 1. The lowest BCUT2D eigenvalue weighted by Crippen LogP contribution is -2.13. The Labute approximate surface area is 118 Å². The van der Waals surface area contributed by atoms with Gasteiger partial charge in [0.2, 0.25) is 0 Å². The first-order chi connectivity index (χ1) is 9.61. The van der Waals surface area contributed by atoms with Crippen molar-refractivity contribution in [2.75, 3.05) is 23.4 Å². The molecule has 0 aliphatic heterocycles. The fraction of sp³-hybridized carbons (Fsp3) is 0.308. The number of benzene rings is 1. The number of hydrogen-bond donors (Lipinski definition) is 2. The van der Waals surface area contributed by atoms with Crippen molar-refractivity contribution in [3.63, 3.8) is 0 Å². The minimum atomic E-state index is -0.988. The summed E-state index contributed by atoms with van der Waals surface area (Å²) in [6.45, 7) is 2.43. The Morgan fingerprint density at radius 3 is 2.90 bits per heavy atom. The smallest absolute Gasteiger partial charge is 0.335 e. The van der Waals surface area contributed by atoms with Crippen molar-refractivity contribution in [2.45, 2.75) is 6.92 Å². The van der Waals surface area contributed by atoms with Crippen molar-refractivity contribution in [1.82, 2.24) is 9.97 Å². The molecule has 0 saturated heterocycles. The molecule has 1 heterocycles. The first-order valence-electron chi connectivity index (χ1n) is 6.18. The van der Waals surface area contributed by atoms with Gasteiger partial charge >= 0.3 is 5.97 Å². The van der Waals surface area contributed by atoms with Gasteiger partial charge in [0.25, 0.3) is 0 Å². The topological polar surface area (TPSA) is 92.2 Å². The largest absolute Gasteiger partial charge is 0.478 e. The minimum absolute atomic E-state index is 0.189. The Kier molecular flexibility index (Phi) is 4.62. The van der Waals surface area contributed by atoms with Gasteiger partial charge in [-0.05, 0) is 18.2 Å². The van der Waals surface area contributed by atoms with Gasteiger partial charge in [-0.3, -0.25) is 4.21 Å². The summed E-state index contributed by atoms with van der Waals surface area (Å²) < 4.78 is 11.4. The maximum absolute atomic E-state index is 11.4. The van der Waals surface area contributed by atoms with Crippen LogP contribution < -0.4 is 5.32 Å². The lowest BCUT2D eigenvalue weighted by atomic mass is 10.1. The molecule has 0 saturated carbocycles. The molecule has 1 aromatic heterocycles. The zero-order valence-corrected chi connectivity index (χ0v) is 11.8. The fourth-order valence-electron chi connectivity index (χ4n) is 1.76. The standard InChI is InChI=1S/C13H15N3O3S/c1-2-20(19)6-5-14-12-10-4-3-9(13(17)18)7-11(10)15-8-16-12/h3-4,7-8H,2,5-6H2,1H3,(H,17,18)(H,14,15,16). The van der Waals surface area contributed by atoms with E-state index in [1.54, 1.807) is 6.07 Å². The number of hydrogen-bond acceptors (Lipinski definition) is 5. The molecule has 0 fully saturated rings. The first-order valence-corrected chi connectivity index (χ1v) is 7.67. The number of nitrogens with zero attached hydrogens (tertiary/aromatic N) is 2. The Balaban J connectivity index is 2.21. The van der Waals surface area contributed by atoms with Crippen LogP contribution in [0.3, 0.4) is 0 Å². The molecule has 1 unspecified atom stereocenters. The Bertz CT molecular complexity index is 660.